The van der Waals surface area contributed by atoms with E-state index in [-0.39, 0.29) is 33.8 Å². The molecule has 0 aliphatic heterocycles. The Morgan fingerprint density at radius 3 is 2.64 bits per heavy atom. The summed E-state index contributed by atoms with van der Waals surface area (Å²) in [6.45, 7) is 2.90. The average Bonchev–Trinajstić information content (AvgIpc) is 3.35. The zero-order valence-electron chi connectivity index (χ0n) is 15.1. The number of nitrogen functional groups attached to an aromatic ring is 1. The molecule has 1 saturated carbocycles. The van der Waals surface area contributed by atoms with Gasteiger partial charge in [0.05, 0.1) is 22.1 Å². The van der Waals surface area contributed by atoms with E-state index in [1.54, 1.807) is 11.5 Å². The molecule has 2 aromatic heterocycles. The van der Waals surface area contributed by atoms with Gasteiger partial charge in [0.2, 0.25) is 0 Å². The summed E-state index contributed by atoms with van der Waals surface area (Å²) in [5.74, 6) is -0.997. The summed E-state index contributed by atoms with van der Waals surface area (Å²) in [5.41, 5.74) is 6.38. The summed E-state index contributed by atoms with van der Waals surface area (Å²) in [6.07, 6.45) is 1.96. The summed E-state index contributed by atoms with van der Waals surface area (Å²) in [6, 6.07) is 2.08. The number of rotatable bonds is 3. The summed E-state index contributed by atoms with van der Waals surface area (Å²) in [5, 5.41) is 0.215. The number of anilines is 1. The number of hydrogen-bond acceptors (Lipinski definition) is 4. The molecule has 2 N–H and O–H groups in total. The molecular formula is C20H16ClF2N3O2. The lowest BCUT2D eigenvalue weighted by Crippen LogP contribution is -2.19. The van der Waals surface area contributed by atoms with Crippen LogP contribution in [0.25, 0.3) is 22.0 Å². The first-order valence-corrected chi connectivity index (χ1v) is 9.02. The molecule has 5 nitrogen and oxygen atoms in total. The molecule has 0 spiro atoms. The molecule has 1 aliphatic rings. The fourth-order valence-electron chi connectivity index (χ4n) is 3.57. The second-order valence-corrected chi connectivity index (χ2v) is 7.41. The van der Waals surface area contributed by atoms with Crippen LogP contribution in [-0.4, -0.2) is 21.5 Å². The van der Waals surface area contributed by atoms with Gasteiger partial charge in [-0.2, -0.15) is 0 Å². The van der Waals surface area contributed by atoms with Crippen molar-refractivity contribution in [3.8, 4) is 11.1 Å². The van der Waals surface area contributed by atoms with E-state index < -0.39 is 29.2 Å². The van der Waals surface area contributed by atoms with Crippen LogP contribution in [0.1, 0.15) is 35.3 Å². The van der Waals surface area contributed by atoms with Gasteiger partial charge in [-0.3, -0.25) is 9.59 Å². The fraction of sp³-hybridized carbons (Fsp3) is 0.250. The highest BCUT2D eigenvalue weighted by Crippen LogP contribution is 2.42. The van der Waals surface area contributed by atoms with Crippen LogP contribution in [0, 0.1) is 12.7 Å². The third-order valence-corrected chi connectivity index (χ3v) is 5.39. The Morgan fingerprint density at radius 1 is 1.39 bits per heavy atom. The third kappa shape index (κ3) is 2.77. The minimum Gasteiger partial charge on any atom is -0.382 e. The van der Waals surface area contributed by atoms with Gasteiger partial charge in [0.15, 0.2) is 11.2 Å². The number of Topliss-reactive ketones (excluding diaryl/α,β-unsaturated/α-hetero) is 1. The normalized spacial score (nSPS) is 18.5. The average molecular weight is 404 g/mol. The maximum Gasteiger partial charge on any atom is 0.200 e. The first kappa shape index (κ1) is 18.6. The van der Waals surface area contributed by atoms with Crippen molar-refractivity contribution in [3.63, 3.8) is 0 Å². The number of aromatic nitrogens is 2. The molecule has 1 aromatic carbocycles. The predicted molar refractivity (Wildman–Crippen MR) is 104 cm³/mol. The zero-order chi connectivity index (χ0) is 20.3. The fourth-order valence-corrected chi connectivity index (χ4v) is 3.74. The number of ketones is 1. The number of fused-ring (bicyclic) bond motifs is 1. The smallest absolute Gasteiger partial charge is 0.200 e. The van der Waals surface area contributed by atoms with Crippen LogP contribution < -0.4 is 11.2 Å². The molecule has 0 amide bonds. The van der Waals surface area contributed by atoms with Gasteiger partial charge >= 0.3 is 0 Å². The Kier molecular flexibility index (Phi) is 4.23. The van der Waals surface area contributed by atoms with Crippen molar-refractivity contribution in [2.75, 3.05) is 5.73 Å². The molecule has 0 bridgehead atoms. The van der Waals surface area contributed by atoms with Crippen LogP contribution in [0.3, 0.4) is 0 Å². The number of nitrogens with two attached hydrogens (primary N) is 1. The van der Waals surface area contributed by atoms with Crippen molar-refractivity contribution in [3.05, 3.63) is 56.7 Å². The number of alkyl halides is 1. The van der Waals surface area contributed by atoms with E-state index in [9.17, 15) is 14.0 Å². The SMILES string of the molecule is CC(=O)c1cn([C@@H]2C[C@@H]2F)c2c(C)c(-c3cnc(N)c(Cl)c3)c(F)cc2c1=O. The van der Waals surface area contributed by atoms with Crippen molar-refractivity contribution in [2.24, 2.45) is 0 Å². The number of carbonyl (C=O) groups is 1. The number of hydrogen-bond donors (Lipinski definition) is 1. The number of carbonyl (C=O) groups excluding carboxylic acids is 1. The van der Waals surface area contributed by atoms with Crippen molar-refractivity contribution >= 4 is 34.1 Å². The maximum atomic E-state index is 15.0. The lowest BCUT2D eigenvalue weighted by molar-refractivity contribution is 0.101. The molecule has 0 saturated heterocycles. The summed E-state index contributed by atoms with van der Waals surface area (Å²) in [4.78, 5) is 28.6. The Morgan fingerprint density at radius 2 is 2.07 bits per heavy atom. The highest BCUT2D eigenvalue weighted by Gasteiger charge is 2.40. The first-order valence-electron chi connectivity index (χ1n) is 8.65. The van der Waals surface area contributed by atoms with E-state index in [2.05, 4.69) is 4.98 Å². The standard InChI is InChI=1S/C20H16ClF2N3O2/c1-8-17(10-3-13(21)20(24)25-6-10)15(23)4-11-18(8)26(16-5-14(16)22)7-12(9(2)27)19(11)28/h3-4,6-7,14,16H,5H2,1-2H3,(H2,24,25)/t14-,16+/m0/s1. The Hall–Kier alpha value is -2.80. The topological polar surface area (TPSA) is 78.0 Å². The van der Waals surface area contributed by atoms with Crippen LogP contribution in [-0.2, 0) is 0 Å². The van der Waals surface area contributed by atoms with Crippen LogP contribution >= 0.6 is 11.6 Å². The molecule has 3 aromatic rings. The maximum absolute atomic E-state index is 15.0. The highest BCUT2D eigenvalue weighted by molar-refractivity contribution is 6.33. The largest absolute Gasteiger partial charge is 0.382 e. The predicted octanol–water partition coefficient (Wildman–Crippen LogP) is 4.23. The van der Waals surface area contributed by atoms with Crippen LogP contribution in [0.4, 0.5) is 14.6 Å². The Labute approximate surface area is 163 Å². The van der Waals surface area contributed by atoms with Gasteiger partial charge in [-0.15, -0.1) is 0 Å². The number of aryl methyl sites for hydroxylation is 1. The molecule has 0 unspecified atom stereocenters. The van der Waals surface area contributed by atoms with Crippen molar-refractivity contribution < 1.29 is 13.6 Å². The van der Waals surface area contributed by atoms with Crippen molar-refractivity contribution in [1.29, 1.82) is 0 Å². The van der Waals surface area contributed by atoms with E-state index in [1.807, 2.05) is 0 Å². The summed E-state index contributed by atoms with van der Waals surface area (Å²) < 4.78 is 30.5. The quantitative estimate of drug-likeness (QED) is 0.664. The van der Waals surface area contributed by atoms with Crippen molar-refractivity contribution in [2.45, 2.75) is 32.5 Å². The second kappa shape index (κ2) is 6.38. The molecule has 2 heterocycles. The van der Waals surface area contributed by atoms with Gasteiger partial charge in [0.25, 0.3) is 0 Å². The molecule has 144 valence electrons. The van der Waals surface area contributed by atoms with Gasteiger partial charge in [0.1, 0.15) is 17.8 Å². The molecule has 8 heteroatoms. The van der Waals surface area contributed by atoms with Crippen LogP contribution in [0.15, 0.2) is 29.3 Å². The minimum absolute atomic E-state index is 0.0417. The molecule has 0 radical (unpaired) electrons. The van der Waals surface area contributed by atoms with E-state index in [0.29, 0.717) is 16.6 Å². The minimum atomic E-state index is -1.08. The van der Waals surface area contributed by atoms with Gasteiger partial charge in [-0.05, 0) is 31.5 Å². The number of benzene rings is 1. The van der Waals surface area contributed by atoms with Gasteiger partial charge in [-0.1, -0.05) is 11.6 Å². The second-order valence-electron chi connectivity index (χ2n) is 7.00. The lowest BCUT2D eigenvalue weighted by Gasteiger charge is -2.17. The third-order valence-electron chi connectivity index (χ3n) is 5.09. The first-order chi connectivity index (χ1) is 13.2. The van der Waals surface area contributed by atoms with Gasteiger partial charge < -0.3 is 10.3 Å². The molecule has 4 rings (SSSR count). The Balaban J connectivity index is 2.10. The number of pyridine rings is 2. The van der Waals surface area contributed by atoms with Gasteiger partial charge in [0, 0.05) is 35.3 Å². The van der Waals surface area contributed by atoms with Crippen LogP contribution in [0.2, 0.25) is 5.02 Å². The summed E-state index contributed by atoms with van der Waals surface area (Å²) >= 11 is 6.03. The van der Waals surface area contributed by atoms with Crippen LogP contribution in [0.5, 0.6) is 0 Å². The number of nitrogens with zero attached hydrogens (tertiary/aromatic N) is 2. The monoisotopic (exact) mass is 403 g/mol. The van der Waals surface area contributed by atoms with Gasteiger partial charge in [-0.25, -0.2) is 13.8 Å². The zero-order valence-corrected chi connectivity index (χ0v) is 15.8. The molecule has 1 fully saturated rings. The Bertz CT molecular complexity index is 1220. The molecule has 2 atom stereocenters. The van der Waals surface area contributed by atoms with E-state index in [0.717, 1.165) is 6.07 Å². The highest BCUT2D eigenvalue weighted by atomic mass is 35.5. The van der Waals surface area contributed by atoms with Crippen molar-refractivity contribution in [1.82, 2.24) is 9.55 Å². The molecular weight excluding hydrogens is 388 g/mol. The lowest BCUT2D eigenvalue weighted by atomic mass is 9.96. The van der Waals surface area contributed by atoms with E-state index in [1.165, 1.54) is 25.4 Å². The van der Waals surface area contributed by atoms with E-state index in [4.69, 9.17) is 17.3 Å². The summed E-state index contributed by atoms with van der Waals surface area (Å²) in [7, 11) is 0. The van der Waals surface area contributed by atoms with E-state index >= 15 is 4.39 Å². The molecule has 28 heavy (non-hydrogen) atoms. The number of halogens is 3. The molecule has 1 aliphatic carbocycles.